The van der Waals surface area contributed by atoms with Crippen molar-refractivity contribution in [2.75, 3.05) is 0 Å². The van der Waals surface area contributed by atoms with Gasteiger partial charge in [-0.2, -0.15) is 0 Å². The van der Waals surface area contributed by atoms with E-state index in [-0.39, 0.29) is 5.69 Å². The number of rotatable bonds is 5. The third kappa shape index (κ3) is 3.34. The molecule has 2 heterocycles. The first-order chi connectivity index (χ1) is 11.1. The van der Waals surface area contributed by atoms with Crippen LogP contribution in [0.3, 0.4) is 0 Å². The van der Waals surface area contributed by atoms with E-state index in [1.54, 1.807) is 30.7 Å². The molecular weight excluding hydrogens is 316 g/mol. The predicted molar refractivity (Wildman–Crippen MR) is 84.7 cm³/mol. The molecule has 0 saturated heterocycles. The molecule has 0 aliphatic heterocycles. The van der Waals surface area contributed by atoms with Gasteiger partial charge in [-0.3, -0.25) is 15.1 Å². The fourth-order valence-electron chi connectivity index (χ4n) is 1.94. The molecule has 0 radical (unpaired) electrons. The number of aromatic nitrogens is 5. The highest BCUT2D eigenvalue weighted by atomic mass is 32.2. The lowest BCUT2D eigenvalue weighted by Crippen LogP contribution is -1.97. The second-order valence-electron chi connectivity index (χ2n) is 4.67. The van der Waals surface area contributed by atoms with Gasteiger partial charge in [0.05, 0.1) is 11.1 Å². The van der Waals surface area contributed by atoms with Crippen LogP contribution >= 0.6 is 11.8 Å². The Bertz CT molecular complexity index is 819. The lowest BCUT2D eigenvalue weighted by atomic mass is 10.2. The van der Waals surface area contributed by atoms with Crippen molar-refractivity contribution in [3.63, 3.8) is 0 Å². The Morgan fingerprint density at radius 2 is 2.00 bits per heavy atom. The minimum absolute atomic E-state index is 0.0855. The Labute approximate surface area is 135 Å². The van der Waals surface area contributed by atoms with Gasteiger partial charge in [0, 0.05) is 37.3 Å². The molecule has 9 heteroatoms. The van der Waals surface area contributed by atoms with E-state index in [1.165, 1.54) is 23.9 Å². The van der Waals surface area contributed by atoms with Crippen LogP contribution in [0.1, 0.15) is 5.56 Å². The molecular formula is C14H12N6O2S. The van der Waals surface area contributed by atoms with E-state index in [1.807, 2.05) is 11.6 Å². The zero-order chi connectivity index (χ0) is 16.2. The molecule has 23 heavy (non-hydrogen) atoms. The Kier molecular flexibility index (Phi) is 4.29. The normalized spacial score (nSPS) is 10.7. The molecule has 0 N–H and O–H groups in total. The fourth-order valence-corrected chi connectivity index (χ4v) is 2.81. The van der Waals surface area contributed by atoms with Crippen LogP contribution in [0.2, 0.25) is 0 Å². The Balaban J connectivity index is 1.72. The summed E-state index contributed by atoms with van der Waals surface area (Å²) in [5, 5.41) is 19.7. The number of nitrogens with zero attached hydrogens (tertiary/aromatic N) is 6. The van der Waals surface area contributed by atoms with Crippen molar-refractivity contribution >= 4 is 17.4 Å². The van der Waals surface area contributed by atoms with Gasteiger partial charge in [-0.15, -0.1) is 10.2 Å². The number of hydrogen-bond donors (Lipinski definition) is 0. The van der Waals surface area contributed by atoms with Crippen molar-refractivity contribution in [3.8, 4) is 11.5 Å². The molecule has 0 amide bonds. The molecule has 0 fully saturated rings. The standard InChI is InChI=1S/C14H12N6O2S/c1-19-13(12-8-15-6-7-16-12)17-18-14(19)23-9-10-2-4-11(5-3-10)20(21)22/h2-8H,9H2,1H3. The van der Waals surface area contributed by atoms with E-state index in [9.17, 15) is 10.1 Å². The van der Waals surface area contributed by atoms with Gasteiger partial charge in [-0.1, -0.05) is 23.9 Å². The molecule has 0 aliphatic rings. The maximum atomic E-state index is 10.6. The summed E-state index contributed by atoms with van der Waals surface area (Å²) in [7, 11) is 1.86. The molecule has 1 aromatic carbocycles. The van der Waals surface area contributed by atoms with Crippen LogP contribution in [-0.4, -0.2) is 29.7 Å². The molecule has 0 spiro atoms. The molecule has 0 saturated carbocycles. The topological polar surface area (TPSA) is 99.6 Å². The summed E-state index contributed by atoms with van der Waals surface area (Å²) in [5.41, 5.74) is 1.72. The lowest BCUT2D eigenvalue weighted by molar-refractivity contribution is -0.384. The molecule has 116 valence electrons. The van der Waals surface area contributed by atoms with Crippen molar-refractivity contribution in [3.05, 3.63) is 58.5 Å². The van der Waals surface area contributed by atoms with Crippen LogP contribution in [0.15, 0.2) is 48.0 Å². The van der Waals surface area contributed by atoms with Gasteiger partial charge in [0.25, 0.3) is 5.69 Å². The highest BCUT2D eigenvalue weighted by Gasteiger charge is 2.12. The quantitative estimate of drug-likeness (QED) is 0.403. The van der Waals surface area contributed by atoms with Gasteiger partial charge in [-0.25, -0.2) is 4.98 Å². The zero-order valence-electron chi connectivity index (χ0n) is 12.2. The van der Waals surface area contributed by atoms with E-state index in [0.29, 0.717) is 17.3 Å². The Hall–Kier alpha value is -2.81. The van der Waals surface area contributed by atoms with Crippen LogP contribution < -0.4 is 0 Å². The Morgan fingerprint density at radius 3 is 2.65 bits per heavy atom. The smallest absolute Gasteiger partial charge is 0.269 e. The first-order valence-electron chi connectivity index (χ1n) is 6.67. The first kappa shape index (κ1) is 15.1. The number of hydrogen-bond acceptors (Lipinski definition) is 7. The van der Waals surface area contributed by atoms with Crippen LogP contribution in [-0.2, 0) is 12.8 Å². The second-order valence-corrected chi connectivity index (χ2v) is 5.61. The lowest BCUT2D eigenvalue weighted by Gasteiger charge is -2.03. The summed E-state index contributed by atoms with van der Waals surface area (Å²) in [5.74, 6) is 1.29. The van der Waals surface area contributed by atoms with Crippen molar-refractivity contribution in [1.29, 1.82) is 0 Å². The van der Waals surface area contributed by atoms with Gasteiger partial charge in [-0.05, 0) is 5.56 Å². The summed E-state index contributed by atoms with van der Waals surface area (Å²) >= 11 is 1.50. The summed E-state index contributed by atoms with van der Waals surface area (Å²) in [6, 6.07) is 6.48. The van der Waals surface area contributed by atoms with Crippen molar-refractivity contribution < 1.29 is 4.92 Å². The van der Waals surface area contributed by atoms with Gasteiger partial charge >= 0.3 is 0 Å². The molecule has 0 aliphatic carbocycles. The Morgan fingerprint density at radius 1 is 1.22 bits per heavy atom. The summed E-state index contributed by atoms with van der Waals surface area (Å²) in [6.07, 6.45) is 4.84. The molecule has 0 atom stereocenters. The zero-order valence-corrected chi connectivity index (χ0v) is 13.0. The summed E-state index contributed by atoms with van der Waals surface area (Å²) < 4.78 is 1.85. The number of thioether (sulfide) groups is 1. The number of nitro groups is 1. The highest BCUT2D eigenvalue weighted by molar-refractivity contribution is 7.98. The van der Waals surface area contributed by atoms with Crippen LogP contribution in [0, 0.1) is 10.1 Å². The first-order valence-corrected chi connectivity index (χ1v) is 7.65. The van der Waals surface area contributed by atoms with E-state index in [2.05, 4.69) is 20.2 Å². The maximum absolute atomic E-state index is 10.6. The monoisotopic (exact) mass is 328 g/mol. The van der Waals surface area contributed by atoms with E-state index in [0.717, 1.165) is 10.7 Å². The van der Waals surface area contributed by atoms with E-state index in [4.69, 9.17) is 0 Å². The molecule has 0 bridgehead atoms. The third-order valence-corrected chi connectivity index (χ3v) is 4.23. The van der Waals surface area contributed by atoms with Crippen LogP contribution in [0.4, 0.5) is 5.69 Å². The number of non-ortho nitro benzene ring substituents is 1. The highest BCUT2D eigenvalue weighted by Crippen LogP contribution is 2.24. The maximum Gasteiger partial charge on any atom is 0.269 e. The van der Waals surface area contributed by atoms with Gasteiger partial charge in [0.1, 0.15) is 5.69 Å². The fraction of sp³-hybridized carbons (Fsp3) is 0.143. The minimum atomic E-state index is -0.410. The van der Waals surface area contributed by atoms with Crippen molar-refractivity contribution in [2.24, 2.45) is 7.05 Å². The second kappa shape index (κ2) is 6.53. The molecule has 2 aromatic heterocycles. The van der Waals surface area contributed by atoms with E-state index >= 15 is 0 Å². The molecule has 0 unspecified atom stereocenters. The SMILES string of the molecule is Cn1c(SCc2ccc([N+](=O)[O-])cc2)nnc1-c1cnccn1. The minimum Gasteiger partial charge on any atom is -0.304 e. The van der Waals surface area contributed by atoms with E-state index < -0.39 is 4.92 Å². The van der Waals surface area contributed by atoms with Gasteiger partial charge in [0.15, 0.2) is 11.0 Å². The largest absolute Gasteiger partial charge is 0.304 e. The van der Waals surface area contributed by atoms with Crippen molar-refractivity contribution in [1.82, 2.24) is 24.7 Å². The van der Waals surface area contributed by atoms with Gasteiger partial charge < -0.3 is 4.57 Å². The third-order valence-electron chi connectivity index (χ3n) is 3.14. The molecule has 8 nitrogen and oxygen atoms in total. The van der Waals surface area contributed by atoms with Crippen molar-refractivity contribution in [2.45, 2.75) is 10.9 Å². The number of benzene rings is 1. The molecule has 3 rings (SSSR count). The average molecular weight is 328 g/mol. The molecule has 3 aromatic rings. The summed E-state index contributed by atoms with van der Waals surface area (Å²) in [4.78, 5) is 18.5. The van der Waals surface area contributed by atoms with Crippen LogP contribution in [0.25, 0.3) is 11.5 Å². The number of nitro benzene ring substituents is 1. The van der Waals surface area contributed by atoms with Crippen LogP contribution in [0.5, 0.6) is 0 Å². The average Bonchev–Trinajstić information content (AvgIpc) is 2.95. The summed E-state index contributed by atoms with van der Waals surface area (Å²) in [6.45, 7) is 0. The van der Waals surface area contributed by atoms with Gasteiger partial charge in [0.2, 0.25) is 0 Å². The predicted octanol–water partition coefficient (Wildman–Crippen LogP) is 2.47.